The topological polar surface area (TPSA) is 87.8 Å². The summed E-state index contributed by atoms with van der Waals surface area (Å²) in [7, 11) is 1.55. The zero-order chi connectivity index (χ0) is 15.4. The third kappa shape index (κ3) is 3.46. The molecule has 0 spiro atoms. The number of aliphatic hydroxyl groups excluding tert-OH is 1. The summed E-state index contributed by atoms with van der Waals surface area (Å²) in [5.74, 6) is 0.448. The number of amides is 1. The predicted molar refractivity (Wildman–Crippen MR) is 82.3 cm³/mol. The number of anilines is 2. The quantitative estimate of drug-likeness (QED) is 0.707. The number of nitrogens with one attached hydrogen (secondary N) is 1. The smallest absolute Gasteiger partial charge is 0.241 e. The number of carbonyl (C=O) groups excluding carboxylic acids is 1. The molecule has 116 valence electrons. The highest BCUT2D eigenvalue weighted by atomic mass is 16.5. The van der Waals surface area contributed by atoms with E-state index >= 15 is 0 Å². The van der Waals surface area contributed by atoms with Gasteiger partial charge in [0.05, 0.1) is 25.4 Å². The lowest BCUT2D eigenvalue weighted by Gasteiger charge is -2.28. The minimum absolute atomic E-state index is 0.0634. The fourth-order valence-electron chi connectivity index (χ4n) is 2.77. The molecule has 1 saturated heterocycles. The molecular weight excluding hydrogens is 270 g/mol. The van der Waals surface area contributed by atoms with E-state index in [2.05, 4.69) is 5.32 Å². The molecule has 2 rings (SSSR count). The zero-order valence-corrected chi connectivity index (χ0v) is 12.5. The second-order valence-electron chi connectivity index (χ2n) is 5.34. The Hall–Kier alpha value is -1.79. The minimum Gasteiger partial charge on any atom is -0.495 e. The Labute approximate surface area is 124 Å². The molecule has 0 radical (unpaired) electrons. The Bertz CT molecular complexity index is 507. The van der Waals surface area contributed by atoms with Crippen molar-refractivity contribution in [3.8, 4) is 5.75 Å². The minimum atomic E-state index is -0.309. The summed E-state index contributed by atoms with van der Waals surface area (Å²) in [4.78, 5) is 14.4. The maximum absolute atomic E-state index is 12.4. The molecule has 1 aromatic carbocycles. The van der Waals surface area contributed by atoms with Gasteiger partial charge in [0.1, 0.15) is 5.75 Å². The number of nitrogens with zero attached hydrogens (tertiary/aromatic N) is 1. The van der Waals surface area contributed by atoms with E-state index in [1.807, 2.05) is 11.8 Å². The van der Waals surface area contributed by atoms with Gasteiger partial charge in [-0.3, -0.25) is 9.69 Å². The van der Waals surface area contributed by atoms with Crippen molar-refractivity contribution in [1.82, 2.24) is 4.90 Å². The number of benzene rings is 1. The second kappa shape index (κ2) is 6.78. The van der Waals surface area contributed by atoms with E-state index in [1.165, 1.54) is 0 Å². The fraction of sp³-hybridized carbons (Fsp3) is 0.533. The molecule has 1 aromatic rings. The van der Waals surface area contributed by atoms with Crippen LogP contribution in [0.25, 0.3) is 0 Å². The lowest BCUT2D eigenvalue weighted by Crippen LogP contribution is -2.45. The van der Waals surface area contributed by atoms with Crippen molar-refractivity contribution in [3.63, 3.8) is 0 Å². The van der Waals surface area contributed by atoms with Gasteiger partial charge < -0.3 is 20.9 Å². The monoisotopic (exact) mass is 293 g/mol. The number of hydrogen-bond donors (Lipinski definition) is 3. The highest BCUT2D eigenvalue weighted by molar-refractivity contribution is 5.96. The van der Waals surface area contributed by atoms with Crippen molar-refractivity contribution in [2.75, 3.05) is 31.3 Å². The van der Waals surface area contributed by atoms with Crippen LogP contribution in [0.3, 0.4) is 0 Å². The molecule has 1 aliphatic rings. The SMILES string of the molecule is COc1ccc(N)cc1NC(=O)C(C)N1CCCC1CO. The number of rotatable bonds is 5. The Morgan fingerprint density at radius 3 is 3.05 bits per heavy atom. The van der Waals surface area contributed by atoms with Gasteiger partial charge in [-0.05, 0) is 44.5 Å². The van der Waals surface area contributed by atoms with Crippen molar-refractivity contribution in [3.05, 3.63) is 18.2 Å². The normalized spacial score (nSPS) is 20.2. The van der Waals surface area contributed by atoms with E-state index in [1.54, 1.807) is 25.3 Å². The molecule has 2 unspecified atom stereocenters. The molecule has 2 atom stereocenters. The molecule has 0 aliphatic carbocycles. The average molecular weight is 293 g/mol. The average Bonchev–Trinajstić information content (AvgIpc) is 2.95. The van der Waals surface area contributed by atoms with Crippen molar-refractivity contribution in [1.29, 1.82) is 0 Å². The van der Waals surface area contributed by atoms with Crippen LogP contribution in [0.1, 0.15) is 19.8 Å². The van der Waals surface area contributed by atoms with E-state index in [4.69, 9.17) is 10.5 Å². The number of ether oxygens (including phenoxy) is 1. The van der Waals surface area contributed by atoms with Gasteiger partial charge in [-0.1, -0.05) is 0 Å². The van der Waals surface area contributed by atoms with Crippen molar-refractivity contribution >= 4 is 17.3 Å². The van der Waals surface area contributed by atoms with E-state index in [9.17, 15) is 9.90 Å². The van der Waals surface area contributed by atoms with E-state index in [-0.39, 0.29) is 24.6 Å². The molecule has 1 fully saturated rings. The summed E-state index contributed by atoms with van der Waals surface area (Å²) >= 11 is 0. The van der Waals surface area contributed by atoms with Gasteiger partial charge >= 0.3 is 0 Å². The standard InChI is InChI=1S/C15H23N3O3/c1-10(18-7-3-4-12(18)9-19)15(20)17-13-8-11(16)5-6-14(13)21-2/h5-6,8,10,12,19H,3-4,7,9,16H2,1-2H3,(H,17,20). The van der Waals surface area contributed by atoms with E-state index in [0.29, 0.717) is 17.1 Å². The van der Waals surface area contributed by atoms with Crippen LogP contribution in [0.4, 0.5) is 11.4 Å². The van der Waals surface area contributed by atoms with Gasteiger partial charge in [-0.2, -0.15) is 0 Å². The summed E-state index contributed by atoms with van der Waals surface area (Å²) in [6.07, 6.45) is 1.93. The van der Waals surface area contributed by atoms with Crippen LogP contribution in [0.15, 0.2) is 18.2 Å². The first kappa shape index (κ1) is 15.6. The van der Waals surface area contributed by atoms with Crippen molar-refractivity contribution < 1.29 is 14.6 Å². The third-order valence-electron chi connectivity index (χ3n) is 3.99. The van der Waals surface area contributed by atoms with Crippen LogP contribution in [0.5, 0.6) is 5.75 Å². The highest BCUT2D eigenvalue weighted by Crippen LogP contribution is 2.27. The fourth-order valence-corrected chi connectivity index (χ4v) is 2.77. The molecule has 0 bridgehead atoms. The van der Waals surface area contributed by atoms with Crippen LogP contribution in [-0.2, 0) is 4.79 Å². The molecule has 1 heterocycles. The number of carbonyl (C=O) groups is 1. The molecular formula is C15H23N3O3. The van der Waals surface area contributed by atoms with Crippen molar-refractivity contribution in [2.45, 2.75) is 31.8 Å². The summed E-state index contributed by atoms with van der Waals surface area (Å²) in [5, 5.41) is 12.2. The van der Waals surface area contributed by atoms with Crippen LogP contribution >= 0.6 is 0 Å². The summed E-state index contributed by atoms with van der Waals surface area (Å²) < 4.78 is 5.22. The van der Waals surface area contributed by atoms with Gasteiger partial charge in [-0.15, -0.1) is 0 Å². The number of nitrogen functional groups attached to an aromatic ring is 1. The van der Waals surface area contributed by atoms with Crippen LogP contribution < -0.4 is 15.8 Å². The molecule has 1 aliphatic heterocycles. The first-order valence-electron chi connectivity index (χ1n) is 7.17. The lowest BCUT2D eigenvalue weighted by molar-refractivity contribution is -0.121. The van der Waals surface area contributed by atoms with Crippen molar-refractivity contribution in [2.24, 2.45) is 0 Å². The number of methoxy groups -OCH3 is 1. The maximum atomic E-state index is 12.4. The maximum Gasteiger partial charge on any atom is 0.241 e. The number of hydrogen-bond acceptors (Lipinski definition) is 5. The summed E-state index contributed by atoms with van der Waals surface area (Å²) in [6, 6.07) is 4.88. The molecule has 1 amide bonds. The molecule has 6 nitrogen and oxygen atoms in total. The molecule has 0 aromatic heterocycles. The Morgan fingerprint density at radius 1 is 1.62 bits per heavy atom. The largest absolute Gasteiger partial charge is 0.495 e. The lowest BCUT2D eigenvalue weighted by atomic mass is 10.2. The molecule has 0 saturated carbocycles. The van der Waals surface area contributed by atoms with Crippen LogP contribution in [0, 0.1) is 0 Å². The number of aliphatic hydroxyl groups is 1. The first-order valence-corrected chi connectivity index (χ1v) is 7.17. The Kier molecular flexibility index (Phi) is 5.03. The predicted octanol–water partition coefficient (Wildman–Crippen LogP) is 1.06. The van der Waals surface area contributed by atoms with Crippen LogP contribution in [0.2, 0.25) is 0 Å². The summed E-state index contributed by atoms with van der Waals surface area (Å²) in [5.41, 5.74) is 6.88. The number of nitrogens with two attached hydrogens (primary N) is 1. The zero-order valence-electron chi connectivity index (χ0n) is 12.5. The molecule has 21 heavy (non-hydrogen) atoms. The van der Waals surface area contributed by atoms with Gasteiger partial charge in [-0.25, -0.2) is 0 Å². The second-order valence-corrected chi connectivity index (χ2v) is 5.34. The van der Waals surface area contributed by atoms with Gasteiger partial charge in [0.2, 0.25) is 5.91 Å². The first-order chi connectivity index (χ1) is 10.1. The Balaban J connectivity index is 2.09. The molecule has 6 heteroatoms. The van der Waals surface area contributed by atoms with Gasteiger partial charge in [0, 0.05) is 11.7 Å². The number of likely N-dealkylation sites (tertiary alicyclic amines) is 1. The summed E-state index contributed by atoms with van der Waals surface area (Å²) in [6.45, 7) is 2.76. The van der Waals surface area contributed by atoms with Gasteiger partial charge in [0.25, 0.3) is 0 Å². The van der Waals surface area contributed by atoms with E-state index in [0.717, 1.165) is 19.4 Å². The van der Waals surface area contributed by atoms with Crippen LogP contribution in [-0.4, -0.2) is 48.3 Å². The highest BCUT2D eigenvalue weighted by Gasteiger charge is 2.31. The van der Waals surface area contributed by atoms with Gasteiger partial charge in [0.15, 0.2) is 0 Å². The van der Waals surface area contributed by atoms with E-state index < -0.39 is 0 Å². The molecule has 4 N–H and O–H groups in total. The Morgan fingerprint density at radius 2 is 2.38 bits per heavy atom. The third-order valence-corrected chi connectivity index (χ3v) is 3.99.